The summed E-state index contributed by atoms with van der Waals surface area (Å²) in [5, 5.41) is 5.86. The molecular weight excluding hydrogens is 357 g/mol. The highest BCUT2D eigenvalue weighted by atomic mass is 19.1. The highest BCUT2D eigenvalue weighted by molar-refractivity contribution is 5.95. The minimum absolute atomic E-state index is 0. The number of aromatic nitrogens is 2. The molecule has 0 radical (unpaired) electrons. The Kier molecular flexibility index (Phi) is 5.42. The molecule has 6 heteroatoms. The molecule has 0 unspecified atom stereocenters. The first-order chi connectivity index (χ1) is 13.2. The third kappa shape index (κ3) is 3.45. The second-order valence-electron chi connectivity index (χ2n) is 6.10. The lowest BCUT2D eigenvalue weighted by molar-refractivity contribution is 0.624. The van der Waals surface area contributed by atoms with Crippen molar-refractivity contribution in [3.63, 3.8) is 0 Å². The predicted octanol–water partition coefficient (Wildman–Crippen LogP) is 3.42. The molecule has 0 saturated carbocycles. The van der Waals surface area contributed by atoms with Crippen LogP contribution in [0.5, 0.6) is 0 Å². The lowest BCUT2D eigenvalue weighted by Gasteiger charge is -2.12. The molecule has 28 heavy (non-hydrogen) atoms. The fourth-order valence-electron chi connectivity index (χ4n) is 3.10. The smallest absolute Gasteiger partial charge is 0.279 e. The van der Waals surface area contributed by atoms with Crippen molar-refractivity contribution in [2.45, 2.75) is 0 Å². The van der Waals surface area contributed by atoms with Crippen LogP contribution >= 0.6 is 0 Å². The number of aliphatic imine (C=N–C) groups is 1. The molecule has 5 nitrogen and oxygen atoms in total. The molecule has 4 aromatic rings. The van der Waals surface area contributed by atoms with E-state index in [9.17, 15) is 9.18 Å². The maximum Gasteiger partial charge on any atom is 0.279 e. The largest absolute Gasteiger partial charge is 0.412 e. The Morgan fingerprint density at radius 1 is 0.964 bits per heavy atom. The molecule has 0 atom stereocenters. The second kappa shape index (κ2) is 7.94. The maximum absolute atomic E-state index is 13.7. The monoisotopic (exact) mass is 375 g/mol. The molecule has 2 N–H and O–H groups in total. The number of nitrogens with zero attached hydrogens (tertiary/aromatic N) is 3. The van der Waals surface area contributed by atoms with Crippen LogP contribution in [0, 0.1) is 5.82 Å². The summed E-state index contributed by atoms with van der Waals surface area (Å²) in [6.07, 6.45) is 1.76. The molecule has 1 aromatic heterocycles. The lowest BCUT2D eigenvalue weighted by Crippen LogP contribution is -2.22. The van der Waals surface area contributed by atoms with E-state index < -0.39 is 5.82 Å². The van der Waals surface area contributed by atoms with Gasteiger partial charge in [0.1, 0.15) is 5.82 Å². The van der Waals surface area contributed by atoms with Crippen molar-refractivity contribution in [3.8, 4) is 16.9 Å². The number of rotatable bonds is 3. The number of fused-ring (bicyclic) bond motifs is 1. The van der Waals surface area contributed by atoms with E-state index in [0.717, 1.165) is 16.5 Å². The minimum Gasteiger partial charge on any atom is -0.412 e. The Morgan fingerprint density at radius 2 is 1.71 bits per heavy atom. The van der Waals surface area contributed by atoms with E-state index in [1.807, 2.05) is 42.5 Å². The van der Waals surface area contributed by atoms with Crippen LogP contribution in [-0.4, -0.2) is 28.5 Å². The third-order valence-corrected chi connectivity index (χ3v) is 4.30. The summed E-state index contributed by atoms with van der Waals surface area (Å²) in [5.74, 6) is -0.419. The fraction of sp³-hybridized carbons (Fsp3) is 0.0455. The molecule has 0 saturated heterocycles. The van der Waals surface area contributed by atoms with Crippen LogP contribution in [0.2, 0.25) is 0 Å². The van der Waals surface area contributed by atoms with E-state index in [-0.39, 0.29) is 11.0 Å². The maximum atomic E-state index is 13.7. The zero-order valence-corrected chi connectivity index (χ0v) is 15.1. The highest BCUT2D eigenvalue weighted by Crippen LogP contribution is 2.26. The van der Waals surface area contributed by atoms with E-state index in [1.54, 1.807) is 31.5 Å². The van der Waals surface area contributed by atoms with Crippen LogP contribution in [0.3, 0.4) is 0 Å². The lowest BCUT2D eigenvalue weighted by atomic mass is 10.0. The van der Waals surface area contributed by atoms with Gasteiger partial charge in [-0.25, -0.2) is 4.39 Å². The molecule has 0 amide bonds. The predicted molar refractivity (Wildman–Crippen MR) is 110 cm³/mol. The van der Waals surface area contributed by atoms with Gasteiger partial charge in [-0.05, 0) is 35.9 Å². The van der Waals surface area contributed by atoms with Crippen LogP contribution in [-0.2, 0) is 0 Å². The Labute approximate surface area is 160 Å². The number of benzene rings is 3. The average Bonchev–Trinajstić information content (AvgIpc) is 2.69. The Balaban J connectivity index is 0.00000225. The van der Waals surface area contributed by atoms with Gasteiger partial charge in [-0.1, -0.05) is 42.5 Å². The van der Waals surface area contributed by atoms with Gasteiger partial charge in [-0.3, -0.25) is 9.79 Å². The molecule has 0 aliphatic rings. The van der Waals surface area contributed by atoms with E-state index >= 15 is 0 Å². The molecule has 0 aliphatic carbocycles. The fourth-order valence-corrected chi connectivity index (χ4v) is 3.10. The topological polar surface area (TPSA) is 78.8 Å². The summed E-state index contributed by atoms with van der Waals surface area (Å²) in [6.45, 7) is 0. The SMILES string of the molecule is CN=Cc1cccc(-c2nn(-c3cccc(F)c3)c(=O)c3ccccc23)c1.O. The molecule has 3 aromatic carbocycles. The Hall–Kier alpha value is -3.64. The first kappa shape index (κ1) is 19.1. The van der Waals surface area contributed by atoms with Crippen LogP contribution < -0.4 is 5.56 Å². The molecular formula is C22H18FN3O2. The van der Waals surface area contributed by atoms with Crippen LogP contribution in [0.1, 0.15) is 5.56 Å². The number of halogens is 1. The van der Waals surface area contributed by atoms with Crippen molar-refractivity contribution < 1.29 is 9.87 Å². The van der Waals surface area contributed by atoms with Gasteiger partial charge >= 0.3 is 0 Å². The summed E-state index contributed by atoms with van der Waals surface area (Å²) in [7, 11) is 1.71. The molecule has 0 aliphatic heterocycles. The van der Waals surface area contributed by atoms with Crippen molar-refractivity contribution in [1.29, 1.82) is 0 Å². The van der Waals surface area contributed by atoms with Gasteiger partial charge in [0, 0.05) is 24.2 Å². The van der Waals surface area contributed by atoms with E-state index in [2.05, 4.69) is 10.1 Å². The van der Waals surface area contributed by atoms with Crippen molar-refractivity contribution in [2.24, 2.45) is 4.99 Å². The van der Waals surface area contributed by atoms with Crippen molar-refractivity contribution in [2.75, 3.05) is 7.05 Å². The van der Waals surface area contributed by atoms with Crippen molar-refractivity contribution in [1.82, 2.24) is 9.78 Å². The van der Waals surface area contributed by atoms with Gasteiger partial charge in [0.25, 0.3) is 5.56 Å². The standard InChI is InChI=1S/C22H16FN3O.H2O/c1-24-14-15-6-4-7-16(12-15)21-19-10-2-3-11-20(19)22(27)26(25-21)18-9-5-8-17(23)13-18;/h2-14H,1H3;1H2. The van der Waals surface area contributed by atoms with E-state index in [1.165, 1.54) is 16.8 Å². The number of hydrogen-bond donors (Lipinski definition) is 0. The molecule has 4 rings (SSSR count). The number of hydrogen-bond acceptors (Lipinski definition) is 3. The zero-order valence-electron chi connectivity index (χ0n) is 15.1. The van der Waals surface area contributed by atoms with Gasteiger partial charge in [0.15, 0.2) is 0 Å². The minimum atomic E-state index is -0.419. The highest BCUT2D eigenvalue weighted by Gasteiger charge is 2.13. The normalized spacial score (nSPS) is 10.9. The average molecular weight is 375 g/mol. The van der Waals surface area contributed by atoms with Crippen molar-refractivity contribution >= 4 is 17.0 Å². The summed E-state index contributed by atoms with van der Waals surface area (Å²) in [6, 6.07) is 20.9. The molecule has 0 spiro atoms. The zero-order chi connectivity index (χ0) is 18.8. The summed E-state index contributed by atoms with van der Waals surface area (Å²) in [4.78, 5) is 17.0. The van der Waals surface area contributed by atoms with Gasteiger partial charge in [-0.2, -0.15) is 9.78 Å². The summed E-state index contributed by atoms with van der Waals surface area (Å²) >= 11 is 0. The van der Waals surface area contributed by atoms with Crippen LogP contribution in [0.15, 0.2) is 82.6 Å². The van der Waals surface area contributed by atoms with E-state index in [4.69, 9.17) is 0 Å². The van der Waals surface area contributed by atoms with Gasteiger partial charge < -0.3 is 5.48 Å². The summed E-state index contributed by atoms with van der Waals surface area (Å²) < 4.78 is 15.0. The van der Waals surface area contributed by atoms with Crippen molar-refractivity contribution in [3.05, 3.63) is 94.5 Å². The third-order valence-electron chi connectivity index (χ3n) is 4.30. The molecule has 140 valence electrons. The summed E-state index contributed by atoms with van der Waals surface area (Å²) in [5.41, 5.74) is 2.54. The van der Waals surface area contributed by atoms with Gasteiger partial charge in [0.2, 0.25) is 0 Å². The van der Waals surface area contributed by atoms with Gasteiger partial charge in [-0.15, -0.1) is 0 Å². The second-order valence-corrected chi connectivity index (χ2v) is 6.10. The molecule has 0 fully saturated rings. The van der Waals surface area contributed by atoms with Crippen LogP contribution in [0.25, 0.3) is 27.7 Å². The quantitative estimate of drug-likeness (QED) is 0.514. The van der Waals surface area contributed by atoms with E-state index in [0.29, 0.717) is 16.8 Å². The first-order valence-corrected chi connectivity index (χ1v) is 8.48. The van der Waals surface area contributed by atoms with Crippen LogP contribution in [0.4, 0.5) is 4.39 Å². The first-order valence-electron chi connectivity index (χ1n) is 8.48. The molecule has 0 bridgehead atoms. The van der Waals surface area contributed by atoms with Gasteiger partial charge in [0.05, 0.1) is 16.8 Å². The Bertz CT molecular complexity index is 1230. The Morgan fingerprint density at radius 3 is 2.46 bits per heavy atom. The molecule has 1 heterocycles.